The molecule has 2 heterocycles. The van der Waals surface area contributed by atoms with E-state index in [0.717, 1.165) is 0 Å². The number of H-pyrrole nitrogens is 2. The zero-order valence-electron chi connectivity index (χ0n) is 9.64. The molecule has 2 aromatic heterocycles. The van der Waals surface area contributed by atoms with Gasteiger partial charge in [-0.25, -0.2) is 14.8 Å². The SMILES string of the molecule is N#Cc1cnc(-c2ccc3[nH]c(=O)[nH]c3c2)nc1N. The lowest BCUT2D eigenvalue weighted by Crippen LogP contribution is -1.99. The first kappa shape index (κ1) is 11.0. The fourth-order valence-corrected chi connectivity index (χ4v) is 1.79. The molecule has 0 atom stereocenters. The third kappa shape index (κ3) is 1.81. The second-order valence-corrected chi connectivity index (χ2v) is 3.94. The number of hydrogen-bond donors (Lipinski definition) is 3. The Hall–Kier alpha value is -3.14. The molecule has 0 bridgehead atoms. The van der Waals surface area contributed by atoms with Crippen LogP contribution in [0.1, 0.15) is 5.56 Å². The lowest BCUT2D eigenvalue weighted by molar-refractivity contribution is 1.17. The van der Waals surface area contributed by atoms with Crippen LogP contribution in [-0.4, -0.2) is 19.9 Å². The summed E-state index contributed by atoms with van der Waals surface area (Å²) in [5, 5.41) is 8.77. The van der Waals surface area contributed by atoms with Crippen molar-refractivity contribution in [3.63, 3.8) is 0 Å². The van der Waals surface area contributed by atoms with Gasteiger partial charge in [0.25, 0.3) is 0 Å². The second kappa shape index (κ2) is 3.96. The van der Waals surface area contributed by atoms with Crippen molar-refractivity contribution >= 4 is 16.9 Å². The van der Waals surface area contributed by atoms with E-state index in [1.807, 2.05) is 6.07 Å². The molecule has 0 saturated heterocycles. The number of fused-ring (bicyclic) bond motifs is 1. The number of nitrogen functional groups attached to an aromatic ring is 1. The van der Waals surface area contributed by atoms with Crippen molar-refractivity contribution < 1.29 is 0 Å². The Morgan fingerprint density at radius 1 is 1.26 bits per heavy atom. The minimum Gasteiger partial charge on any atom is -0.382 e. The minimum absolute atomic E-state index is 0.134. The number of nitrogens with zero attached hydrogens (tertiary/aromatic N) is 3. The number of benzene rings is 1. The number of nitrogens with two attached hydrogens (primary N) is 1. The maximum atomic E-state index is 11.2. The smallest absolute Gasteiger partial charge is 0.323 e. The monoisotopic (exact) mass is 252 g/mol. The Labute approximate surface area is 106 Å². The molecule has 19 heavy (non-hydrogen) atoms. The Morgan fingerprint density at radius 3 is 2.79 bits per heavy atom. The molecule has 0 aliphatic carbocycles. The number of imidazole rings is 1. The van der Waals surface area contributed by atoms with Crippen LogP contribution in [0.15, 0.2) is 29.2 Å². The number of hydrogen-bond acceptors (Lipinski definition) is 5. The fraction of sp³-hybridized carbons (Fsp3) is 0. The molecule has 0 spiro atoms. The van der Waals surface area contributed by atoms with Crippen LogP contribution in [0.2, 0.25) is 0 Å². The molecule has 92 valence electrons. The zero-order chi connectivity index (χ0) is 13.4. The molecule has 0 unspecified atom stereocenters. The van der Waals surface area contributed by atoms with Gasteiger partial charge in [-0.1, -0.05) is 0 Å². The molecule has 0 fully saturated rings. The number of nitrogens with one attached hydrogen (secondary N) is 2. The normalized spacial score (nSPS) is 10.5. The van der Waals surface area contributed by atoms with Gasteiger partial charge in [0.05, 0.1) is 17.2 Å². The van der Waals surface area contributed by atoms with E-state index in [1.54, 1.807) is 18.2 Å². The number of aromatic nitrogens is 4. The summed E-state index contributed by atoms with van der Waals surface area (Å²) < 4.78 is 0. The average Bonchev–Trinajstić information content (AvgIpc) is 2.77. The Kier molecular flexibility index (Phi) is 2.29. The molecule has 0 aliphatic heterocycles. The van der Waals surface area contributed by atoms with Crippen molar-refractivity contribution in [3.8, 4) is 17.5 Å². The molecule has 4 N–H and O–H groups in total. The lowest BCUT2D eigenvalue weighted by atomic mass is 10.2. The molecule has 0 aliphatic rings. The van der Waals surface area contributed by atoms with E-state index >= 15 is 0 Å². The molecule has 3 aromatic rings. The number of anilines is 1. The number of rotatable bonds is 1. The van der Waals surface area contributed by atoms with Crippen LogP contribution >= 0.6 is 0 Å². The summed E-state index contributed by atoms with van der Waals surface area (Å²) in [6.45, 7) is 0. The summed E-state index contributed by atoms with van der Waals surface area (Å²) in [6.07, 6.45) is 1.38. The highest BCUT2D eigenvalue weighted by Crippen LogP contribution is 2.20. The standard InChI is InChI=1S/C12H8N6O/c13-4-7-5-15-11(18-10(7)14)6-1-2-8-9(3-6)17-12(19)16-8/h1-3,5H,(H2,14,15,18)(H2,16,17,19). The summed E-state index contributed by atoms with van der Waals surface area (Å²) in [7, 11) is 0. The van der Waals surface area contributed by atoms with E-state index in [9.17, 15) is 4.79 Å². The van der Waals surface area contributed by atoms with Crippen molar-refractivity contribution in [2.75, 3.05) is 5.73 Å². The minimum atomic E-state index is -0.271. The predicted octanol–water partition coefficient (Wildman–Crippen LogP) is 0.767. The summed E-state index contributed by atoms with van der Waals surface area (Å²) in [6, 6.07) is 7.17. The van der Waals surface area contributed by atoms with E-state index in [-0.39, 0.29) is 17.1 Å². The molecule has 1 aromatic carbocycles. The van der Waals surface area contributed by atoms with Gasteiger partial charge in [-0.15, -0.1) is 0 Å². The van der Waals surface area contributed by atoms with Crippen LogP contribution < -0.4 is 11.4 Å². The molecule has 0 radical (unpaired) electrons. The van der Waals surface area contributed by atoms with Crippen molar-refractivity contribution in [2.24, 2.45) is 0 Å². The van der Waals surface area contributed by atoms with Gasteiger partial charge < -0.3 is 15.7 Å². The van der Waals surface area contributed by atoms with Crippen LogP contribution in [0.3, 0.4) is 0 Å². The highest BCUT2D eigenvalue weighted by molar-refractivity contribution is 5.80. The Bertz CT molecular complexity index is 870. The molecule has 3 rings (SSSR count). The summed E-state index contributed by atoms with van der Waals surface area (Å²) in [5.41, 5.74) is 7.69. The van der Waals surface area contributed by atoms with E-state index in [1.165, 1.54) is 6.20 Å². The van der Waals surface area contributed by atoms with Crippen molar-refractivity contribution in [1.82, 2.24) is 19.9 Å². The van der Waals surface area contributed by atoms with E-state index in [4.69, 9.17) is 11.0 Å². The topological polar surface area (TPSA) is 124 Å². The van der Waals surface area contributed by atoms with Gasteiger partial charge in [0, 0.05) is 5.56 Å². The van der Waals surface area contributed by atoms with Gasteiger partial charge in [0.15, 0.2) is 5.82 Å². The van der Waals surface area contributed by atoms with Crippen molar-refractivity contribution in [3.05, 3.63) is 40.4 Å². The first-order valence-electron chi connectivity index (χ1n) is 5.42. The van der Waals surface area contributed by atoms with Gasteiger partial charge in [0.2, 0.25) is 0 Å². The predicted molar refractivity (Wildman–Crippen MR) is 69.1 cm³/mol. The maximum absolute atomic E-state index is 11.2. The van der Waals surface area contributed by atoms with E-state index in [0.29, 0.717) is 22.4 Å². The average molecular weight is 252 g/mol. The highest BCUT2D eigenvalue weighted by Gasteiger charge is 2.07. The van der Waals surface area contributed by atoms with Crippen LogP contribution in [0.25, 0.3) is 22.4 Å². The van der Waals surface area contributed by atoms with Crippen molar-refractivity contribution in [2.45, 2.75) is 0 Å². The first-order chi connectivity index (χ1) is 9.17. The molecular formula is C12H8N6O. The van der Waals surface area contributed by atoms with E-state index < -0.39 is 0 Å². The van der Waals surface area contributed by atoms with Crippen LogP contribution in [0, 0.1) is 11.3 Å². The van der Waals surface area contributed by atoms with E-state index in [2.05, 4.69) is 19.9 Å². The van der Waals surface area contributed by atoms with Crippen LogP contribution in [0.4, 0.5) is 5.82 Å². The number of aromatic amines is 2. The molecular weight excluding hydrogens is 244 g/mol. The van der Waals surface area contributed by atoms with Gasteiger partial charge in [0.1, 0.15) is 17.5 Å². The summed E-state index contributed by atoms with van der Waals surface area (Å²) in [5.74, 6) is 0.538. The summed E-state index contributed by atoms with van der Waals surface area (Å²) >= 11 is 0. The molecule has 7 nitrogen and oxygen atoms in total. The van der Waals surface area contributed by atoms with Gasteiger partial charge >= 0.3 is 5.69 Å². The van der Waals surface area contributed by atoms with Crippen LogP contribution in [0.5, 0.6) is 0 Å². The fourth-order valence-electron chi connectivity index (χ4n) is 1.79. The quantitative estimate of drug-likeness (QED) is 0.589. The Morgan fingerprint density at radius 2 is 2.05 bits per heavy atom. The third-order valence-electron chi connectivity index (χ3n) is 2.71. The largest absolute Gasteiger partial charge is 0.382 e. The third-order valence-corrected chi connectivity index (χ3v) is 2.71. The zero-order valence-corrected chi connectivity index (χ0v) is 9.64. The van der Waals surface area contributed by atoms with Crippen molar-refractivity contribution in [1.29, 1.82) is 5.26 Å². The number of nitriles is 1. The highest BCUT2D eigenvalue weighted by atomic mass is 16.1. The second-order valence-electron chi connectivity index (χ2n) is 3.94. The molecule has 0 saturated carbocycles. The Balaban J connectivity index is 2.16. The van der Waals surface area contributed by atoms with Crippen LogP contribution in [-0.2, 0) is 0 Å². The lowest BCUT2D eigenvalue weighted by Gasteiger charge is -2.02. The molecule has 0 amide bonds. The molecule has 7 heteroatoms. The van der Waals surface area contributed by atoms with Gasteiger partial charge in [-0.3, -0.25) is 0 Å². The van der Waals surface area contributed by atoms with Gasteiger partial charge in [-0.05, 0) is 18.2 Å². The first-order valence-corrected chi connectivity index (χ1v) is 5.42. The maximum Gasteiger partial charge on any atom is 0.323 e. The van der Waals surface area contributed by atoms with Gasteiger partial charge in [-0.2, -0.15) is 5.26 Å². The summed E-state index contributed by atoms with van der Waals surface area (Å²) in [4.78, 5) is 24.6.